The number of amides is 2. The Morgan fingerprint density at radius 2 is 2.00 bits per heavy atom. The van der Waals surface area contributed by atoms with E-state index in [0.29, 0.717) is 5.69 Å². The maximum Gasteiger partial charge on any atom is 0.275 e. The minimum absolute atomic E-state index is 0.109. The second kappa shape index (κ2) is 8.65. The molecule has 144 valence electrons. The summed E-state index contributed by atoms with van der Waals surface area (Å²) in [5.41, 5.74) is 2.30. The van der Waals surface area contributed by atoms with Gasteiger partial charge >= 0.3 is 0 Å². The quantitative estimate of drug-likeness (QED) is 0.733. The third-order valence-electron chi connectivity index (χ3n) is 5.11. The number of nitrogens with zero attached hydrogens (tertiary/aromatic N) is 1. The molecule has 2 amide bonds. The van der Waals surface area contributed by atoms with Gasteiger partial charge in [-0.1, -0.05) is 45.4 Å². The van der Waals surface area contributed by atoms with Crippen molar-refractivity contribution in [2.24, 2.45) is 11.8 Å². The molecule has 1 atom stereocenters. The van der Waals surface area contributed by atoms with Gasteiger partial charge in [-0.2, -0.15) is 0 Å². The summed E-state index contributed by atoms with van der Waals surface area (Å²) < 4.78 is 0. The molecule has 1 aliphatic rings. The summed E-state index contributed by atoms with van der Waals surface area (Å²) in [4.78, 5) is 29.5. The normalized spacial score (nSPS) is 15.3. The lowest BCUT2D eigenvalue weighted by atomic mass is 9.84. The number of benzene rings is 1. The van der Waals surface area contributed by atoms with Crippen molar-refractivity contribution in [3.63, 3.8) is 0 Å². The first-order chi connectivity index (χ1) is 13.0. The van der Waals surface area contributed by atoms with Crippen LogP contribution in [0.1, 0.15) is 67.1 Å². The highest BCUT2D eigenvalue weighted by molar-refractivity contribution is 7.10. The van der Waals surface area contributed by atoms with E-state index in [1.807, 2.05) is 24.3 Å². The molecule has 1 aliphatic carbocycles. The van der Waals surface area contributed by atoms with Gasteiger partial charge in [0, 0.05) is 17.0 Å². The lowest BCUT2D eigenvalue weighted by Crippen LogP contribution is -2.38. The Morgan fingerprint density at radius 3 is 2.63 bits per heavy atom. The summed E-state index contributed by atoms with van der Waals surface area (Å²) in [6.45, 7) is 6.18. The molecule has 0 spiro atoms. The minimum Gasteiger partial charge on any atom is -0.346 e. The number of hydrogen-bond acceptors (Lipinski definition) is 4. The molecule has 1 fully saturated rings. The predicted molar refractivity (Wildman–Crippen MR) is 109 cm³/mol. The zero-order valence-electron chi connectivity index (χ0n) is 16.1. The number of rotatable bonds is 7. The van der Waals surface area contributed by atoms with Gasteiger partial charge in [0.25, 0.3) is 5.91 Å². The molecule has 27 heavy (non-hydrogen) atoms. The number of carbonyl (C=O) groups excluding carboxylic acids is 2. The average molecular weight is 386 g/mol. The van der Waals surface area contributed by atoms with Crippen molar-refractivity contribution in [2.75, 3.05) is 5.32 Å². The van der Waals surface area contributed by atoms with Crippen LogP contribution in [0.25, 0.3) is 0 Å². The van der Waals surface area contributed by atoms with Crippen LogP contribution < -0.4 is 10.6 Å². The fourth-order valence-corrected chi connectivity index (χ4v) is 4.15. The molecule has 1 heterocycles. The molecule has 1 aromatic heterocycles. The van der Waals surface area contributed by atoms with Gasteiger partial charge < -0.3 is 10.6 Å². The summed E-state index contributed by atoms with van der Waals surface area (Å²) in [6, 6.07) is 7.62. The second-order valence-corrected chi connectivity index (χ2v) is 8.28. The molecule has 0 bridgehead atoms. The van der Waals surface area contributed by atoms with Crippen LogP contribution in [-0.2, 0) is 11.2 Å². The van der Waals surface area contributed by atoms with Gasteiger partial charge in [-0.25, -0.2) is 4.98 Å². The summed E-state index contributed by atoms with van der Waals surface area (Å²) in [5.74, 6) is 0.237. The van der Waals surface area contributed by atoms with Crippen molar-refractivity contribution in [1.82, 2.24) is 10.3 Å². The Morgan fingerprint density at radius 1 is 1.26 bits per heavy atom. The smallest absolute Gasteiger partial charge is 0.275 e. The fraction of sp³-hybridized carbons (Fsp3) is 0.476. The Bertz CT molecular complexity index is 811. The number of hydrogen-bond donors (Lipinski definition) is 2. The van der Waals surface area contributed by atoms with Crippen molar-refractivity contribution in [1.29, 1.82) is 0 Å². The minimum atomic E-state index is -0.216. The first kappa shape index (κ1) is 19.5. The molecule has 0 radical (unpaired) electrons. The second-order valence-electron chi connectivity index (χ2n) is 7.39. The van der Waals surface area contributed by atoms with Gasteiger partial charge in [0.05, 0.1) is 6.04 Å². The number of aryl methyl sites for hydroxylation is 1. The van der Waals surface area contributed by atoms with Crippen LogP contribution >= 0.6 is 11.3 Å². The third kappa shape index (κ3) is 4.56. The summed E-state index contributed by atoms with van der Waals surface area (Å²) in [5, 5.41) is 8.64. The van der Waals surface area contributed by atoms with Gasteiger partial charge in [-0.3, -0.25) is 9.59 Å². The monoisotopic (exact) mass is 385 g/mol. The van der Waals surface area contributed by atoms with Crippen LogP contribution in [0, 0.1) is 11.8 Å². The Balaban J connectivity index is 1.71. The molecule has 3 rings (SSSR count). The maximum absolute atomic E-state index is 12.6. The zero-order chi connectivity index (χ0) is 19.4. The van der Waals surface area contributed by atoms with Crippen molar-refractivity contribution < 1.29 is 9.59 Å². The van der Waals surface area contributed by atoms with Gasteiger partial charge in [0.15, 0.2) is 0 Å². The third-order valence-corrected chi connectivity index (χ3v) is 6.04. The fourth-order valence-electron chi connectivity index (χ4n) is 3.13. The van der Waals surface area contributed by atoms with Crippen LogP contribution in [0.15, 0.2) is 29.6 Å². The molecule has 1 aromatic carbocycles. The number of para-hydroxylation sites is 1. The zero-order valence-corrected chi connectivity index (χ0v) is 16.9. The highest BCUT2D eigenvalue weighted by atomic mass is 32.1. The molecule has 5 nitrogen and oxygen atoms in total. The van der Waals surface area contributed by atoms with E-state index in [-0.39, 0.29) is 29.7 Å². The van der Waals surface area contributed by atoms with E-state index in [0.717, 1.165) is 41.9 Å². The number of anilines is 1. The summed E-state index contributed by atoms with van der Waals surface area (Å²) in [6.07, 6.45) is 3.92. The molecule has 2 aromatic rings. The van der Waals surface area contributed by atoms with E-state index in [1.54, 1.807) is 5.38 Å². The highest BCUT2D eigenvalue weighted by Gasteiger charge is 2.29. The molecular weight excluding hydrogens is 358 g/mol. The maximum atomic E-state index is 12.6. The van der Waals surface area contributed by atoms with Gasteiger partial charge in [0.2, 0.25) is 5.91 Å². The SMILES string of the molecule is CCc1ccccc1NC(=O)c1csc([C@H](NC(=O)C2CCC2)C(C)C)n1. The van der Waals surface area contributed by atoms with Crippen LogP contribution in [-0.4, -0.2) is 16.8 Å². The Hall–Kier alpha value is -2.21. The van der Waals surface area contributed by atoms with Gasteiger partial charge in [-0.05, 0) is 36.8 Å². The van der Waals surface area contributed by atoms with E-state index in [1.165, 1.54) is 11.3 Å². The lowest BCUT2D eigenvalue weighted by Gasteiger charge is -2.28. The molecule has 0 unspecified atom stereocenters. The molecule has 2 N–H and O–H groups in total. The van der Waals surface area contributed by atoms with Gasteiger partial charge in [0.1, 0.15) is 10.7 Å². The van der Waals surface area contributed by atoms with Crippen LogP contribution in [0.5, 0.6) is 0 Å². The van der Waals surface area contributed by atoms with Crippen LogP contribution in [0.4, 0.5) is 5.69 Å². The summed E-state index contributed by atoms with van der Waals surface area (Å²) >= 11 is 1.43. The molecule has 0 saturated heterocycles. The lowest BCUT2D eigenvalue weighted by molar-refractivity contribution is -0.128. The first-order valence-corrected chi connectivity index (χ1v) is 10.5. The number of aromatic nitrogens is 1. The Kier molecular flexibility index (Phi) is 6.26. The highest BCUT2D eigenvalue weighted by Crippen LogP contribution is 2.30. The number of nitrogens with one attached hydrogen (secondary N) is 2. The van der Waals surface area contributed by atoms with E-state index in [4.69, 9.17) is 0 Å². The number of thiazole rings is 1. The largest absolute Gasteiger partial charge is 0.346 e. The average Bonchev–Trinajstić information content (AvgIpc) is 3.08. The van der Waals surface area contributed by atoms with E-state index >= 15 is 0 Å². The molecule has 1 saturated carbocycles. The van der Waals surface area contributed by atoms with E-state index < -0.39 is 0 Å². The molecule has 0 aliphatic heterocycles. The topological polar surface area (TPSA) is 71.1 Å². The standard InChI is InChI=1S/C21H27N3O2S/c1-4-14-8-5-6-11-16(14)22-20(26)17-12-27-21(23-17)18(13(2)3)24-19(25)15-9-7-10-15/h5-6,8,11-13,15,18H,4,7,9-10H2,1-3H3,(H,22,26)(H,24,25)/t18-/m1/s1. The van der Waals surface area contributed by atoms with Crippen LogP contribution in [0.3, 0.4) is 0 Å². The van der Waals surface area contributed by atoms with Crippen molar-refractivity contribution >= 4 is 28.8 Å². The van der Waals surface area contributed by atoms with E-state index in [2.05, 4.69) is 36.4 Å². The predicted octanol–water partition coefficient (Wildman–Crippen LogP) is 4.57. The number of carbonyl (C=O) groups is 2. The van der Waals surface area contributed by atoms with Crippen molar-refractivity contribution in [3.8, 4) is 0 Å². The van der Waals surface area contributed by atoms with Crippen molar-refractivity contribution in [3.05, 3.63) is 45.9 Å². The molecule has 6 heteroatoms. The first-order valence-electron chi connectivity index (χ1n) is 9.64. The van der Waals surface area contributed by atoms with Gasteiger partial charge in [-0.15, -0.1) is 11.3 Å². The Labute approximate surface area is 164 Å². The molecular formula is C21H27N3O2S. The van der Waals surface area contributed by atoms with Crippen LogP contribution in [0.2, 0.25) is 0 Å². The van der Waals surface area contributed by atoms with Crippen molar-refractivity contribution in [2.45, 2.75) is 52.5 Å². The van der Waals surface area contributed by atoms with E-state index in [9.17, 15) is 9.59 Å². The summed E-state index contributed by atoms with van der Waals surface area (Å²) in [7, 11) is 0.